The molecule has 0 unspecified atom stereocenters. The quantitative estimate of drug-likeness (QED) is 0.891. The van der Waals surface area contributed by atoms with Crippen LogP contribution in [-0.4, -0.2) is 23.8 Å². The lowest BCUT2D eigenvalue weighted by Gasteiger charge is -2.38. The zero-order chi connectivity index (χ0) is 16.3. The maximum atomic E-state index is 11.7. The first-order chi connectivity index (χ1) is 10.2. The normalized spacial score (nSPS) is 22.6. The lowest BCUT2D eigenvalue weighted by Crippen LogP contribution is -2.53. The average molecular weight is 304 g/mol. The number of aryl methyl sites for hydroxylation is 1. The van der Waals surface area contributed by atoms with Crippen LogP contribution in [0.5, 0.6) is 0 Å². The van der Waals surface area contributed by atoms with E-state index >= 15 is 0 Å². The van der Waals surface area contributed by atoms with E-state index < -0.39 is 5.60 Å². The van der Waals surface area contributed by atoms with Crippen LogP contribution in [0.2, 0.25) is 0 Å². The highest BCUT2D eigenvalue weighted by Crippen LogP contribution is 2.24. The molecule has 122 valence electrons. The highest BCUT2D eigenvalue weighted by atomic mass is 16.6. The predicted octanol–water partition coefficient (Wildman–Crippen LogP) is 3.70. The number of ether oxygens (including phenoxy) is 1. The molecule has 0 aromatic heterocycles. The SMILES string of the molecule is Cc1ccc([C@@H](C)NC2CC(NC(=O)OC(C)(C)C)C2)cc1. The van der Waals surface area contributed by atoms with E-state index in [4.69, 9.17) is 4.74 Å². The van der Waals surface area contributed by atoms with Gasteiger partial charge in [0.15, 0.2) is 0 Å². The Morgan fingerprint density at radius 2 is 1.77 bits per heavy atom. The van der Waals surface area contributed by atoms with E-state index in [1.165, 1.54) is 11.1 Å². The van der Waals surface area contributed by atoms with Crippen molar-refractivity contribution in [3.8, 4) is 0 Å². The van der Waals surface area contributed by atoms with Crippen molar-refractivity contribution in [2.24, 2.45) is 0 Å². The van der Waals surface area contributed by atoms with Crippen LogP contribution in [0, 0.1) is 6.92 Å². The summed E-state index contributed by atoms with van der Waals surface area (Å²) in [5.74, 6) is 0. The zero-order valence-corrected chi connectivity index (χ0v) is 14.3. The number of alkyl carbamates (subject to hydrolysis) is 1. The molecular formula is C18H28N2O2. The van der Waals surface area contributed by atoms with Crippen LogP contribution in [0.4, 0.5) is 4.79 Å². The zero-order valence-electron chi connectivity index (χ0n) is 14.3. The second-order valence-electron chi connectivity index (χ2n) is 7.31. The molecule has 2 rings (SSSR count). The third-order valence-electron chi connectivity index (χ3n) is 3.92. The largest absolute Gasteiger partial charge is 0.444 e. The molecule has 1 aliphatic carbocycles. The highest BCUT2D eigenvalue weighted by Gasteiger charge is 2.32. The first-order valence-corrected chi connectivity index (χ1v) is 8.05. The van der Waals surface area contributed by atoms with Crippen molar-refractivity contribution in [2.75, 3.05) is 0 Å². The van der Waals surface area contributed by atoms with Crippen LogP contribution < -0.4 is 10.6 Å². The first kappa shape index (κ1) is 16.8. The summed E-state index contributed by atoms with van der Waals surface area (Å²) in [5.41, 5.74) is 2.14. The maximum absolute atomic E-state index is 11.7. The maximum Gasteiger partial charge on any atom is 0.407 e. The Labute approximate surface area is 133 Å². The van der Waals surface area contributed by atoms with Gasteiger partial charge in [-0.1, -0.05) is 29.8 Å². The highest BCUT2D eigenvalue weighted by molar-refractivity contribution is 5.68. The van der Waals surface area contributed by atoms with Gasteiger partial charge in [-0.2, -0.15) is 0 Å². The van der Waals surface area contributed by atoms with Gasteiger partial charge in [-0.3, -0.25) is 0 Å². The summed E-state index contributed by atoms with van der Waals surface area (Å²) >= 11 is 0. The van der Waals surface area contributed by atoms with Gasteiger partial charge in [-0.25, -0.2) is 4.79 Å². The molecule has 0 radical (unpaired) electrons. The molecule has 1 amide bonds. The number of hydrogen-bond donors (Lipinski definition) is 2. The molecule has 1 aromatic rings. The summed E-state index contributed by atoms with van der Waals surface area (Å²) in [6, 6.07) is 9.62. The van der Waals surface area contributed by atoms with E-state index in [0.29, 0.717) is 12.1 Å². The van der Waals surface area contributed by atoms with E-state index in [9.17, 15) is 4.79 Å². The van der Waals surface area contributed by atoms with Crippen LogP contribution in [0.1, 0.15) is 57.7 Å². The molecule has 1 atom stereocenters. The second-order valence-corrected chi connectivity index (χ2v) is 7.31. The summed E-state index contributed by atoms with van der Waals surface area (Å²) in [5, 5.41) is 6.53. The third-order valence-corrected chi connectivity index (χ3v) is 3.92. The van der Waals surface area contributed by atoms with E-state index in [1.807, 2.05) is 20.8 Å². The minimum absolute atomic E-state index is 0.220. The lowest BCUT2D eigenvalue weighted by atomic mass is 9.86. The minimum atomic E-state index is -0.439. The van der Waals surface area contributed by atoms with E-state index in [2.05, 4.69) is 48.7 Å². The number of benzene rings is 1. The summed E-state index contributed by atoms with van der Waals surface area (Å²) in [7, 11) is 0. The second kappa shape index (κ2) is 6.69. The van der Waals surface area contributed by atoms with Crippen molar-refractivity contribution in [1.82, 2.24) is 10.6 Å². The molecule has 0 aliphatic heterocycles. The van der Waals surface area contributed by atoms with Crippen LogP contribution in [0.15, 0.2) is 24.3 Å². The fourth-order valence-electron chi connectivity index (χ4n) is 2.65. The van der Waals surface area contributed by atoms with Gasteiger partial charge < -0.3 is 15.4 Å². The molecule has 0 spiro atoms. The topological polar surface area (TPSA) is 50.4 Å². The Kier molecular flexibility index (Phi) is 5.12. The van der Waals surface area contributed by atoms with Crippen molar-refractivity contribution < 1.29 is 9.53 Å². The minimum Gasteiger partial charge on any atom is -0.444 e. The Hall–Kier alpha value is -1.55. The Morgan fingerprint density at radius 1 is 1.18 bits per heavy atom. The van der Waals surface area contributed by atoms with Gasteiger partial charge in [0.25, 0.3) is 0 Å². The fraction of sp³-hybridized carbons (Fsp3) is 0.611. The van der Waals surface area contributed by atoms with E-state index in [1.54, 1.807) is 0 Å². The van der Waals surface area contributed by atoms with E-state index in [0.717, 1.165) is 12.8 Å². The lowest BCUT2D eigenvalue weighted by molar-refractivity contribution is 0.0463. The Bertz CT molecular complexity index is 499. The van der Waals surface area contributed by atoms with Crippen molar-refractivity contribution >= 4 is 6.09 Å². The number of nitrogens with one attached hydrogen (secondary N) is 2. The van der Waals surface area contributed by atoms with Crippen molar-refractivity contribution in [3.05, 3.63) is 35.4 Å². The van der Waals surface area contributed by atoms with Crippen molar-refractivity contribution in [2.45, 2.75) is 71.2 Å². The van der Waals surface area contributed by atoms with E-state index in [-0.39, 0.29) is 12.1 Å². The average Bonchev–Trinajstić information content (AvgIpc) is 2.34. The molecule has 4 nitrogen and oxygen atoms in total. The molecule has 4 heteroatoms. The van der Waals surface area contributed by atoms with Gasteiger partial charge in [0.2, 0.25) is 0 Å². The van der Waals surface area contributed by atoms with Crippen molar-refractivity contribution in [1.29, 1.82) is 0 Å². The summed E-state index contributed by atoms with van der Waals surface area (Å²) in [6.07, 6.45) is 1.59. The fourth-order valence-corrected chi connectivity index (χ4v) is 2.65. The number of amides is 1. The van der Waals surface area contributed by atoms with Gasteiger partial charge in [0.05, 0.1) is 0 Å². The molecule has 22 heavy (non-hydrogen) atoms. The number of carbonyl (C=O) groups excluding carboxylic acids is 1. The predicted molar refractivity (Wildman–Crippen MR) is 88.9 cm³/mol. The third kappa shape index (κ3) is 5.02. The number of rotatable bonds is 4. The van der Waals surface area contributed by atoms with Gasteiger partial charge in [0.1, 0.15) is 5.60 Å². The van der Waals surface area contributed by atoms with Gasteiger partial charge in [0, 0.05) is 18.1 Å². The molecule has 0 saturated heterocycles. The molecule has 1 aromatic carbocycles. The standard InChI is InChI=1S/C18H28N2O2/c1-12-6-8-14(9-7-12)13(2)19-15-10-16(11-15)20-17(21)22-18(3,4)5/h6-9,13,15-16,19H,10-11H2,1-5H3,(H,20,21)/t13-,15?,16?/m1/s1. The molecule has 1 aliphatic rings. The summed E-state index contributed by atoms with van der Waals surface area (Å²) < 4.78 is 5.27. The first-order valence-electron chi connectivity index (χ1n) is 8.05. The summed E-state index contributed by atoms with van der Waals surface area (Å²) in [6.45, 7) is 9.91. The molecule has 1 fully saturated rings. The van der Waals surface area contributed by atoms with Crippen molar-refractivity contribution in [3.63, 3.8) is 0 Å². The monoisotopic (exact) mass is 304 g/mol. The van der Waals surface area contributed by atoms with Gasteiger partial charge in [-0.05, 0) is 53.0 Å². The summed E-state index contributed by atoms with van der Waals surface area (Å²) in [4.78, 5) is 11.7. The van der Waals surface area contributed by atoms with Crippen LogP contribution in [0.3, 0.4) is 0 Å². The molecular weight excluding hydrogens is 276 g/mol. The Morgan fingerprint density at radius 3 is 2.32 bits per heavy atom. The Balaban J connectivity index is 1.71. The van der Waals surface area contributed by atoms with Gasteiger partial charge in [-0.15, -0.1) is 0 Å². The molecule has 2 N–H and O–H groups in total. The van der Waals surface area contributed by atoms with Gasteiger partial charge >= 0.3 is 6.09 Å². The number of hydrogen-bond acceptors (Lipinski definition) is 3. The van der Waals surface area contributed by atoms with Crippen LogP contribution >= 0.6 is 0 Å². The van der Waals surface area contributed by atoms with Crippen LogP contribution in [0.25, 0.3) is 0 Å². The van der Waals surface area contributed by atoms with Crippen LogP contribution in [-0.2, 0) is 4.74 Å². The molecule has 0 heterocycles. The number of carbonyl (C=O) groups is 1. The molecule has 1 saturated carbocycles. The molecule has 0 bridgehead atoms. The smallest absolute Gasteiger partial charge is 0.407 e.